The van der Waals surface area contributed by atoms with E-state index >= 15 is 0 Å². The molecular formula is C22H24FN3O4S. The Kier molecular flexibility index (Phi) is 7.19. The van der Waals surface area contributed by atoms with Gasteiger partial charge in [0.15, 0.2) is 0 Å². The number of amides is 2. The van der Waals surface area contributed by atoms with E-state index in [-0.39, 0.29) is 23.9 Å². The molecule has 7 nitrogen and oxygen atoms in total. The van der Waals surface area contributed by atoms with Crippen LogP contribution >= 0.6 is 0 Å². The first-order chi connectivity index (χ1) is 14.8. The fourth-order valence-electron chi connectivity index (χ4n) is 3.38. The second kappa shape index (κ2) is 9.84. The molecule has 1 saturated heterocycles. The quantitative estimate of drug-likeness (QED) is 0.641. The van der Waals surface area contributed by atoms with Crippen molar-refractivity contribution in [1.29, 1.82) is 0 Å². The molecule has 0 aromatic heterocycles. The number of piperidine rings is 1. The highest BCUT2D eigenvalue weighted by molar-refractivity contribution is 7.89. The Morgan fingerprint density at radius 2 is 1.81 bits per heavy atom. The predicted octanol–water partition coefficient (Wildman–Crippen LogP) is 2.78. The van der Waals surface area contributed by atoms with Crippen LogP contribution in [0.25, 0.3) is 0 Å². The van der Waals surface area contributed by atoms with Crippen LogP contribution in [-0.4, -0.2) is 44.8 Å². The molecule has 0 aliphatic carbocycles. The summed E-state index contributed by atoms with van der Waals surface area (Å²) in [5.74, 6) is -1.66. The van der Waals surface area contributed by atoms with Gasteiger partial charge in [-0.15, -0.1) is 6.58 Å². The van der Waals surface area contributed by atoms with Crippen LogP contribution in [-0.2, 0) is 14.8 Å². The Morgan fingerprint density at radius 1 is 1.13 bits per heavy atom. The second-order valence-electron chi connectivity index (χ2n) is 7.21. The van der Waals surface area contributed by atoms with E-state index in [0.29, 0.717) is 25.9 Å². The van der Waals surface area contributed by atoms with Gasteiger partial charge in [0, 0.05) is 36.8 Å². The summed E-state index contributed by atoms with van der Waals surface area (Å²) in [7, 11) is -4.11. The Bertz CT molecular complexity index is 1070. The second-order valence-corrected chi connectivity index (χ2v) is 8.94. The zero-order valence-corrected chi connectivity index (χ0v) is 17.7. The number of sulfonamides is 1. The number of halogens is 1. The zero-order valence-electron chi connectivity index (χ0n) is 16.9. The highest BCUT2D eigenvalue weighted by Crippen LogP contribution is 2.23. The van der Waals surface area contributed by atoms with Gasteiger partial charge in [-0.25, -0.2) is 17.5 Å². The van der Waals surface area contributed by atoms with E-state index in [1.54, 1.807) is 17.0 Å². The van der Waals surface area contributed by atoms with Crippen molar-refractivity contribution in [2.75, 3.05) is 25.0 Å². The molecule has 2 N–H and O–H groups in total. The summed E-state index contributed by atoms with van der Waals surface area (Å²) >= 11 is 0. The third kappa shape index (κ3) is 5.56. The zero-order chi connectivity index (χ0) is 22.4. The van der Waals surface area contributed by atoms with E-state index < -0.39 is 26.6 Å². The number of para-hydroxylation sites is 1. The van der Waals surface area contributed by atoms with Crippen LogP contribution in [0.5, 0.6) is 0 Å². The molecule has 2 amide bonds. The van der Waals surface area contributed by atoms with Gasteiger partial charge < -0.3 is 10.2 Å². The fraction of sp³-hybridized carbons (Fsp3) is 0.273. The van der Waals surface area contributed by atoms with Gasteiger partial charge in [-0.05, 0) is 43.2 Å². The number of nitrogens with zero attached hydrogens (tertiary/aromatic N) is 1. The molecule has 1 fully saturated rings. The van der Waals surface area contributed by atoms with Gasteiger partial charge in [-0.3, -0.25) is 9.59 Å². The maximum atomic E-state index is 14.1. The summed E-state index contributed by atoms with van der Waals surface area (Å²) in [5, 5.41) is 2.87. The molecule has 1 aliphatic rings. The molecule has 0 spiro atoms. The maximum Gasteiger partial charge on any atom is 0.253 e. The standard InChI is InChI=1S/C22H24FN3O4S/c1-2-12-24-31(29,30)20-15-17(8-9-19(20)23)22(28)26-13-10-16(11-14-26)21(27)25-18-6-4-3-5-7-18/h2-9,15-16,24H,1,10-14H2,(H,25,27). The van der Waals surface area contributed by atoms with Crippen LogP contribution in [0, 0.1) is 11.7 Å². The van der Waals surface area contributed by atoms with E-state index in [1.807, 2.05) is 18.2 Å². The van der Waals surface area contributed by atoms with Gasteiger partial charge in [0.05, 0.1) is 0 Å². The highest BCUT2D eigenvalue weighted by Gasteiger charge is 2.29. The first-order valence-electron chi connectivity index (χ1n) is 9.87. The van der Waals surface area contributed by atoms with E-state index in [9.17, 15) is 22.4 Å². The first-order valence-corrected chi connectivity index (χ1v) is 11.4. The Labute approximate surface area is 181 Å². The average molecular weight is 446 g/mol. The van der Waals surface area contributed by atoms with Crippen molar-refractivity contribution < 1.29 is 22.4 Å². The van der Waals surface area contributed by atoms with E-state index in [4.69, 9.17) is 0 Å². The monoisotopic (exact) mass is 445 g/mol. The van der Waals surface area contributed by atoms with Gasteiger partial charge in [0.1, 0.15) is 10.7 Å². The molecule has 0 unspecified atom stereocenters. The van der Waals surface area contributed by atoms with Gasteiger partial charge >= 0.3 is 0 Å². The van der Waals surface area contributed by atoms with Crippen molar-refractivity contribution in [3.63, 3.8) is 0 Å². The Balaban J connectivity index is 1.65. The number of likely N-dealkylation sites (tertiary alicyclic amines) is 1. The van der Waals surface area contributed by atoms with E-state index in [1.165, 1.54) is 12.1 Å². The van der Waals surface area contributed by atoms with Crippen LogP contribution in [0.15, 0.2) is 66.1 Å². The SMILES string of the molecule is C=CCNS(=O)(=O)c1cc(C(=O)N2CCC(C(=O)Nc3ccccc3)CC2)ccc1F. The van der Waals surface area contributed by atoms with E-state index in [0.717, 1.165) is 17.8 Å². The molecule has 164 valence electrons. The lowest BCUT2D eigenvalue weighted by molar-refractivity contribution is -0.121. The topological polar surface area (TPSA) is 95.6 Å². The minimum atomic E-state index is -4.11. The van der Waals surface area contributed by atoms with Crippen molar-refractivity contribution >= 4 is 27.5 Å². The summed E-state index contributed by atoms with van der Waals surface area (Å²) < 4.78 is 40.8. The van der Waals surface area contributed by atoms with Crippen molar-refractivity contribution in [1.82, 2.24) is 9.62 Å². The third-order valence-electron chi connectivity index (χ3n) is 5.08. The summed E-state index contributed by atoms with van der Waals surface area (Å²) in [6.07, 6.45) is 2.30. The molecule has 2 aromatic rings. The average Bonchev–Trinajstić information content (AvgIpc) is 2.78. The molecule has 1 aliphatic heterocycles. The number of hydrogen-bond donors (Lipinski definition) is 2. The van der Waals surface area contributed by atoms with Crippen LogP contribution in [0.4, 0.5) is 10.1 Å². The molecular weight excluding hydrogens is 421 g/mol. The molecule has 3 rings (SSSR count). The lowest BCUT2D eigenvalue weighted by Gasteiger charge is -2.31. The molecule has 0 saturated carbocycles. The number of nitrogens with one attached hydrogen (secondary N) is 2. The summed E-state index contributed by atoms with van der Waals surface area (Å²) in [4.78, 5) is 26.3. The van der Waals surface area contributed by atoms with Crippen LogP contribution in [0.1, 0.15) is 23.2 Å². The van der Waals surface area contributed by atoms with Crippen molar-refractivity contribution in [3.05, 3.63) is 72.6 Å². The number of hydrogen-bond acceptors (Lipinski definition) is 4. The molecule has 2 aromatic carbocycles. The molecule has 0 radical (unpaired) electrons. The van der Waals surface area contributed by atoms with Gasteiger partial charge in [-0.2, -0.15) is 0 Å². The van der Waals surface area contributed by atoms with Gasteiger partial charge in [-0.1, -0.05) is 24.3 Å². The predicted molar refractivity (Wildman–Crippen MR) is 115 cm³/mol. The van der Waals surface area contributed by atoms with Crippen molar-refractivity contribution in [3.8, 4) is 0 Å². The Morgan fingerprint density at radius 3 is 2.45 bits per heavy atom. The molecule has 31 heavy (non-hydrogen) atoms. The number of anilines is 1. The van der Waals surface area contributed by atoms with Crippen molar-refractivity contribution in [2.45, 2.75) is 17.7 Å². The lowest BCUT2D eigenvalue weighted by atomic mass is 9.95. The maximum absolute atomic E-state index is 14.1. The number of carbonyl (C=O) groups excluding carboxylic acids is 2. The number of rotatable bonds is 7. The lowest BCUT2D eigenvalue weighted by Crippen LogP contribution is -2.41. The number of benzene rings is 2. The number of carbonyl (C=O) groups is 2. The largest absolute Gasteiger partial charge is 0.339 e. The summed E-state index contributed by atoms with van der Waals surface area (Å²) in [6, 6.07) is 12.4. The smallest absolute Gasteiger partial charge is 0.253 e. The van der Waals surface area contributed by atoms with Crippen LogP contribution in [0.2, 0.25) is 0 Å². The summed E-state index contributed by atoms with van der Waals surface area (Å²) in [5.41, 5.74) is 0.795. The van der Waals surface area contributed by atoms with Gasteiger partial charge in [0.2, 0.25) is 15.9 Å². The molecule has 0 atom stereocenters. The minimum absolute atomic E-state index is 0.0570. The fourth-order valence-corrected chi connectivity index (χ4v) is 4.48. The molecule has 9 heteroatoms. The van der Waals surface area contributed by atoms with Crippen LogP contribution in [0.3, 0.4) is 0 Å². The Hall–Kier alpha value is -3.04. The van der Waals surface area contributed by atoms with E-state index in [2.05, 4.69) is 16.6 Å². The first kappa shape index (κ1) is 22.6. The molecule has 1 heterocycles. The van der Waals surface area contributed by atoms with Gasteiger partial charge in [0.25, 0.3) is 5.91 Å². The highest BCUT2D eigenvalue weighted by atomic mass is 32.2. The molecule has 0 bridgehead atoms. The minimum Gasteiger partial charge on any atom is -0.339 e. The van der Waals surface area contributed by atoms with Crippen molar-refractivity contribution in [2.24, 2.45) is 5.92 Å². The third-order valence-corrected chi connectivity index (χ3v) is 6.52. The van der Waals surface area contributed by atoms with Crippen LogP contribution < -0.4 is 10.0 Å². The summed E-state index contributed by atoms with van der Waals surface area (Å²) in [6.45, 7) is 4.06. The normalized spacial score (nSPS) is 14.8.